The lowest BCUT2D eigenvalue weighted by molar-refractivity contribution is -0.345. The molecule has 36 heavy (non-hydrogen) atoms. The quantitative estimate of drug-likeness (QED) is 0.432. The maximum absolute atomic E-state index is 13.7. The third-order valence-electron chi connectivity index (χ3n) is 7.34. The van der Waals surface area contributed by atoms with Crippen LogP contribution in [-0.2, 0) is 14.3 Å². The number of hydrogen-bond acceptors (Lipinski definition) is 8. The predicted molar refractivity (Wildman–Crippen MR) is 116 cm³/mol. The fraction of sp³-hybridized carbons (Fsp3) is 0.609. The van der Waals surface area contributed by atoms with Crippen LogP contribution >= 0.6 is 0 Å². The minimum atomic E-state index is -1.79. The van der Waals surface area contributed by atoms with E-state index in [1.54, 1.807) is 0 Å². The number of hydrogen-bond donors (Lipinski definition) is 4. The number of aromatic nitrogens is 3. The Balaban J connectivity index is 1.45. The Morgan fingerprint density at radius 3 is 2.53 bits per heavy atom. The summed E-state index contributed by atoms with van der Waals surface area (Å²) in [4.78, 5) is 12.8. The summed E-state index contributed by atoms with van der Waals surface area (Å²) in [6.07, 6.45) is 0.721. The van der Waals surface area contributed by atoms with Crippen molar-refractivity contribution in [3.8, 4) is 11.3 Å². The van der Waals surface area contributed by atoms with Gasteiger partial charge in [-0.15, -0.1) is 5.10 Å². The molecule has 1 aromatic carbocycles. The van der Waals surface area contributed by atoms with Crippen molar-refractivity contribution in [2.45, 2.75) is 68.3 Å². The van der Waals surface area contributed by atoms with Crippen LogP contribution in [0.5, 0.6) is 0 Å². The molecule has 1 aromatic heterocycles. The average Bonchev–Trinajstić information content (AvgIpc) is 3.62. The van der Waals surface area contributed by atoms with E-state index in [4.69, 9.17) is 9.47 Å². The lowest BCUT2D eigenvalue weighted by Crippen LogP contribution is -2.69. The number of benzene rings is 1. The van der Waals surface area contributed by atoms with Crippen LogP contribution in [0.3, 0.4) is 0 Å². The zero-order valence-electron chi connectivity index (χ0n) is 19.2. The first-order valence-corrected chi connectivity index (χ1v) is 11.9. The Bertz CT molecular complexity index is 1110. The van der Waals surface area contributed by atoms with E-state index in [1.165, 1.54) is 6.20 Å². The number of halogens is 3. The van der Waals surface area contributed by atoms with Crippen molar-refractivity contribution in [3.05, 3.63) is 35.8 Å². The average molecular weight is 512 g/mol. The number of rotatable bonds is 5. The fourth-order valence-electron chi connectivity index (χ4n) is 5.42. The normalized spacial score (nSPS) is 32.9. The molecular weight excluding hydrogens is 485 g/mol. The van der Waals surface area contributed by atoms with Gasteiger partial charge in [-0.1, -0.05) is 18.1 Å². The number of aliphatic hydroxyl groups is 3. The van der Waals surface area contributed by atoms with Crippen molar-refractivity contribution < 1.29 is 42.8 Å². The van der Waals surface area contributed by atoms with Gasteiger partial charge in [-0.2, -0.15) is 0 Å². The second kappa shape index (κ2) is 9.71. The van der Waals surface area contributed by atoms with Gasteiger partial charge >= 0.3 is 0 Å². The van der Waals surface area contributed by atoms with Crippen LogP contribution in [0.15, 0.2) is 18.3 Å². The molecule has 1 aliphatic carbocycles. The smallest absolute Gasteiger partial charge is 0.223 e. The van der Waals surface area contributed by atoms with E-state index in [-0.39, 0.29) is 29.7 Å². The van der Waals surface area contributed by atoms with Gasteiger partial charge in [0.2, 0.25) is 11.7 Å². The summed E-state index contributed by atoms with van der Waals surface area (Å²) in [5.41, 5.74) is -0.160. The molecule has 4 N–H and O–H groups in total. The van der Waals surface area contributed by atoms with E-state index in [1.807, 2.05) is 0 Å². The molecule has 2 aromatic rings. The second-order valence-corrected chi connectivity index (χ2v) is 9.50. The number of carbonyl (C=O) groups excluding carboxylic acids is 1. The highest BCUT2D eigenvalue weighted by atomic mass is 19.2. The monoisotopic (exact) mass is 512 g/mol. The van der Waals surface area contributed by atoms with Crippen molar-refractivity contribution >= 4 is 5.91 Å². The van der Waals surface area contributed by atoms with Crippen molar-refractivity contribution in [2.24, 2.45) is 5.92 Å². The highest BCUT2D eigenvalue weighted by Crippen LogP contribution is 2.43. The van der Waals surface area contributed by atoms with E-state index >= 15 is 0 Å². The van der Waals surface area contributed by atoms with Gasteiger partial charge in [0.15, 0.2) is 17.5 Å². The van der Waals surface area contributed by atoms with Gasteiger partial charge in [0.1, 0.15) is 30.0 Å². The highest BCUT2D eigenvalue weighted by molar-refractivity contribution is 5.79. The van der Waals surface area contributed by atoms with Crippen molar-refractivity contribution in [3.63, 3.8) is 0 Å². The molecule has 0 radical (unpaired) electrons. The van der Waals surface area contributed by atoms with Gasteiger partial charge in [0.25, 0.3) is 0 Å². The van der Waals surface area contributed by atoms with E-state index in [0.29, 0.717) is 6.42 Å². The molecule has 13 heteroatoms. The molecule has 0 bridgehead atoms. The molecule has 1 amide bonds. The molecule has 5 rings (SSSR count). The number of ether oxygens (including phenoxy) is 2. The zero-order valence-corrected chi connectivity index (χ0v) is 19.2. The summed E-state index contributed by atoms with van der Waals surface area (Å²) in [5, 5.41) is 42.9. The predicted octanol–water partition coefficient (Wildman–Crippen LogP) is 0.808. The number of carbonyl (C=O) groups is 1. The van der Waals surface area contributed by atoms with Crippen LogP contribution in [0.4, 0.5) is 13.2 Å². The first kappa shape index (κ1) is 25.1. The van der Waals surface area contributed by atoms with Crippen LogP contribution in [-0.4, -0.2) is 79.6 Å². The summed E-state index contributed by atoms with van der Waals surface area (Å²) in [6.45, 7) is -0.487. The molecule has 10 nitrogen and oxygen atoms in total. The minimum absolute atomic E-state index is 0.0493. The number of nitrogens with zero attached hydrogens (tertiary/aromatic N) is 3. The Labute approximate surface area is 204 Å². The Morgan fingerprint density at radius 1 is 1.17 bits per heavy atom. The van der Waals surface area contributed by atoms with Gasteiger partial charge in [-0.25, -0.2) is 17.9 Å². The number of amides is 1. The third-order valence-corrected chi connectivity index (χ3v) is 7.34. The Morgan fingerprint density at radius 2 is 1.86 bits per heavy atom. The summed E-state index contributed by atoms with van der Waals surface area (Å²) in [5.74, 6) is -6.56. The first-order chi connectivity index (χ1) is 17.2. The van der Waals surface area contributed by atoms with Crippen molar-refractivity contribution in [2.75, 3.05) is 13.2 Å². The zero-order chi connectivity index (χ0) is 25.6. The van der Waals surface area contributed by atoms with Crippen LogP contribution in [0.25, 0.3) is 11.3 Å². The van der Waals surface area contributed by atoms with Gasteiger partial charge in [-0.05, 0) is 31.4 Å². The maximum atomic E-state index is 13.7. The van der Waals surface area contributed by atoms with Crippen LogP contribution in [0, 0.1) is 23.4 Å². The number of aliphatic hydroxyl groups excluding tert-OH is 3. The van der Waals surface area contributed by atoms with Gasteiger partial charge in [-0.3, -0.25) is 4.79 Å². The van der Waals surface area contributed by atoms with E-state index in [0.717, 1.165) is 42.5 Å². The summed E-state index contributed by atoms with van der Waals surface area (Å²) in [6, 6.07) is -0.545. The lowest BCUT2D eigenvalue weighted by atomic mass is 9.86. The molecule has 1 saturated carbocycles. The lowest BCUT2D eigenvalue weighted by Gasteiger charge is -2.49. The Hall–Kier alpha value is -2.58. The summed E-state index contributed by atoms with van der Waals surface area (Å²) >= 11 is 0. The van der Waals surface area contributed by atoms with Crippen LogP contribution in [0.1, 0.15) is 38.1 Å². The Kier molecular flexibility index (Phi) is 6.76. The largest absolute Gasteiger partial charge is 0.394 e. The van der Waals surface area contributed by atoms with E-state index < -0.39 is 60.2 Å². The molecule has 2 aliphatic heterocycles. The SMILES string of the molecule is O=C(N[C@@H]1CCO[C@]12O[C@H](CO)[C@H](O)[C@H](n1cc(-c3cc(F)c(F)c(F)c3)nn1)[C@H]2O)C1CCCC1. The molecule has 1 spiro atoms. The summed E-state index contributed by atoms with van der Waals surface area (Å²) in [7, 11) is 0. The fourth-order valence-corrected chi connectivity index (χ4v) is 5.42. The van der Waals surface area contributed by atoms with Gasteiger partial charge in [0, 0.05) is 11.5 Å². The van der Waals surface area contributed by atoms with Crippen molar-refractivity contribution in [1.82, 2.24) is 20.3 Å². The summed E-state index contributed by atoms with van der Waals surface area (Å²) < 4.78 is 53.6. The standard InChI is InChI=1S/C23H27F3N4O6/c24-13-7-12(8-14(25)18(13)26)15-9-30(29-28-15)19-20(32)16(10-31)36-23(21(19)33)17(5-6-35-23)27-22(34)11-3-1-2-4-11/h7-9,11,16-17,19-21,31-33H,1-6,10H2,(H,27,34)/t16-,17-,19+,20+,21-,23+/m1/s1. The van der Waals surface area contributed by atoms with E-state index in [9.17, 15) is 33.3 Å². The molecular formula is C23H27F3N4O6. The van der Waals surface area contributed by atoms with Crippen molar-refractivity contribution in [1.29, 1.82) is 0 Å². The molecule has 3 heterocycles. The van der Waals surface area contributed by atoms with Crippen LogP contribution in [0.2, 0.25) is 0 Å². The molecule has 6 atom stereocenters. The molecule has 2 saturated heterocycles. The minimum Gasteiger partial charge on any atom is -0.394 e. The molecule has 196 valence electrons. The molecule has 3 fully saturated rings. The molecule has 3 aliphatic rings. The topological polar surface area (TPSA) is 139 Å². The number of nitrogens with one attached hydrogen (secondary N) is 1. The second-order valence-electron chi connectivity index (χ2n) is 9.50. The van der Waals surface area contributed by atoms with Gasteiger partial charge in [0.05, 0.1) is 25.5 Å². The van der Waals surface area contributed by atoms with E-state index in [2.05, 4.69) is 15.6 Å². The third kappa shape index (κ3) is 4.18. The van der Waals surface area contributed by atoms with Gasteiger partial charge < -0.3 is 30.1 Å². The molecule has 0 unspecified atom stereocenters. The highest BCUT2D eigenvalue weighted by Gasteiger charge is 2.62. The maximum Gasteiger partial charge on any atom is 0.223 e. The van der Waals surface area contributed by atoms with Crippen LogP contribution < -0.4 is 5.32 Å². The first-order valence-electron chi connectivity index (χ1n) is 11.9.